The lowest BCUT2D eigenvalue weighted by Crippen LogP contribution is -2.42. The van der Waals surface area contributed by atoms with E-state index < -0.39 is 4.32 Å². The van der Waals surface area contributed by atoms with Crippen molar-refractivity contribution in [3.05, 3.63) is 35.4 Å². The number of halogens is 1. The summed E-state index contributed by atoms with van der Waals surface area (Å²) in [7, 11) is 0. The Hall–Kier alpha value is -0.830. The number of benzene rings is 1. The Morgan fingerprint density at radius 1 is 1.18 bits per heavy atom. The fourth-order valence-corrected chi connectivity index (χ4v) is 2.50. The van der Waals surface area contributed by atoms with Gasteiger partial charge in [-0.2, -0.15) is 0 Å². The van der Waals surface area contributed by atoms with E-state index in [-0.39, 0.29) is 5.91 Å². The first kappa shape index (κ1) is 12.6. The van der Waals surface area contributed by atoms with Crippen LogP contribution in [0.15, 0.2) is 24.3 Å². The summed E-state index contributed by atoms with van der Waals surface area (Å²) in [5.41, 5.74) is 2.77. The molecule has 2 nitrogen and oxygen atoms in total. The number of carbonyl (C=O) groups is 1. The van der Waals surface area contributed by atoms with E-state index >= 15 is 0 Å². The molecule has 1 aliphatic heterocycles. The van der Waals surface area contributed by atoms with Crippen LogP contribution in [-0.2, 0) is 17.6 Å². The van der Waals surface area contributed by atoms with Crippen molar-refractivity contribution in [3.8, 4) is 0 Å². The molecule has 2 rings (SSSR count). The SMILES string of the molecule is CC(C)(Br)C(=O)N1CCc2ccccc2CC1. The second-order valence-electron chi connectivity index (χ2n) is 5.03. The third-order valence-electron chi connectivity index (χ3n) is 3.22. The van der Waals surface area contributed by atoms with E-state index in [4.69, 9.17) is 0 Å². The highest BCUT2D eigenvalue weighted by Crippen LogP contribution is 2.22. The van der Waals surface area contributed by atoms with E-state index in [1.807, 2.05) is 18.7 Å². The van der Waals surface area contributed by atoms with Crippen molar-refractivity contribution >= 4 is 21.8 Å². The second-order valence-corrected chi connectivity index (χ2v) is 7.02. The summed E-state index contributed by atoms with van der Waals surface area (Å²) < 4.78 is -0.455. The fraction of sp³-hybridized carbons (Fsp3) is 0.500. The van der Waals surface area contributed by atoms with Crippen LogP contribution in [0.5, 0.6) is 0 Å². The molecule has 0 N–H and O–H groups in total. The molecule has 0 saturated carbocycles. The number of alkyl halides is 1. The minimum absolute atomic E-state index is 0.185. The molecular weight excluding hydrogens is 278 g/mol. The average Bonchev–Trinajstić information content (AvgIpc) is 2.49. The van der Waals surface area contributed by atoms with Crippen LogP contribution in [0.3, 0.4) is 0 Å². The molecular formula is C14H18BrNO. The van der Waals surface area contributed by atoms with E-state index in [1.165, 1.54) is 11.1 Å². The Morgan fingerprint density at radius 3 is 2.06 bits per heavy atom. The smallest absolute Gasteiger partial charge is 0.238 e. The molecule has 1 heterocycles. The van der Waals surface area contributed by atoms with Gasteiger partial charge in [-0.1, -0.05) is 40.2 Å². The molecule has 0 unspecified atom stereocenters. The minimum atomic E-state index is -0.455. The molecule has 0 fully saturated rings. The fourth-order valence-electron chi connectivity index (χ4n) is 2.25. The molecule has 1 aliphatic rings. The van der Waals surface area contributed by atoms with Crippen LogP contribution >= 0.6 is 15.9 Å². The zero-order valence-corrected chi connectivity index (χ0v) is 12.0. The number of fused-ring (bicyclic) bond motifs is 1. The Kier molecular flexibility index (Phi) is 3.57. The van der Waals surface area contributed by atoms with E-state index in [2.05, 4.69) is 40.2 Å². The van der Waals surface area contributed by atoms with Gasteiger partial charge in [0.15, 0.2) is 0 Å². The maximum atomic E-state index is 12.2. The standard InChI is InChI=1S/C14H18BrNO/c1-14(2,15)13(17)16-9-7-11-5-3-4-6-12(11)8-10-16/h3-6H,7-10H2,1-2H3. The van der Waals surface area contributed by atoms with Gasteiger partial charge < -0.3 is 4.90 Å². The molecule has 3 heteroatoms. The molecule has 0 saturated heterocycles. The highest BCUT2D eigenvalue weighted by molar-refractivity contribution is 9.10. The highest BCUT2D eigenvalue weighted by atomic mass is 79.9. The lowest BCUT2D eigenvalue weighted by molar-refractivity contribution is -0.132. The van der Waals surface area contributed by atoms with Gasteiger partial charge in [-0.05, 0) is 37.8 Å². The van der Waals surface area contributed by atoms with Crippen LogP contribution in [0, 0.1) is 0 Å². The van der Waals surface area contributed by atoms with Crippen molar-refractivity contribution in [2.45, 2.75) is 31.0 Å². The molecule has 92 valence electrons. The van der Waals surface area contributed by atoms with Gasteiger partial charge in [0.05, 0.1) is 4.32 Å². The lowest BCUT2D eigenvalue weighted by Gasteiger charge is -2.27. The van der Waals surface area contributed by atoms with Gasteiger partial charge in [0.1, 0.15) is 0 Å². The van der Waals surface area contributed by atoms with Gasteiger partial charge in [-0.15, -0.1) is 0 Å². The molecule has 17 heavy (non-hydrogen) atoms. The minimum Gasteiger partial charge on any atom is -0.341 e. The number of hydrogen-bond acceptors (Lipinski definition) is 1. The van der Waals surface area contributed by atoms with E-state index in [0.717, 1.165) is 25.9 Å². The first-order valence-electron chi connectivity index (χ1n) is 6.03. The van der Waals surface area contributed by atoms with Crippen molar-refractivity contribution < 1.29 is 4.79 Å². The van der Waals surface area contributed by atoms with E-state index in [1.54, 1.807) is 0 Å². The third-order valence-corrected chi connectivity index (χ3v) is 3.56. The van der Waals surface area contributed by atoms with Gasteiger partial charge in [-0.3, -0.25) is 4.79 Å². The van der Waals surface area contributed by atoms with Crippen LogP contribution in [-0.4, -0.2) is 28.2 Å². The number of rotatable bonds is 1. The van der Waals surface area contributed by atoms with Crippen LogP contribution in [0.4, 0.5) is 0 Å². The Bertz CT molecular complexity index is 395. The molecule has 0 spiro atoms. The summed E-state index contributed by atoms with van der Waals surface area (Å²) in [4.78, 5) is 14.2. The summed E-state index contributed by atoms with van der Waals surface area (Å²) in [5, 5.41) is 0. The molecule has 0 atom stereocenters. The maximum Gasteiger partial charge on any atom is 0.238 e. The molecule has 1 aromatic carbocycles. The second kappa shape index (κ2) is 4.81. The monoisotopic (exact) mass is 295 g/mol. The molecule has 1 aromatic rings. The van der Waals surface area contributed by atoms with Crippen LogP contribution in [0.1, 0.15) is 25.0 Å². The molecule has 0 radical (unpaired) electrons. The zero-order valence-electron chi connectivity index (χ0n) is 10.4. The largest absolute Gasteiger partial charge is 0.341 e. The van der Waals surface area contributed by atoms with Crippen molar-refractivity contribution in [3.63, 3.8) is 0 Å². The number of nitrogens with zero attached hydrogens (tertiary/aromatic N) is 1. The molecule has 0 aromatic heterocycles. The molecule has 0 bridgehead atoms. The maximum absolute atomic E-state index is 12.2. The molecule has 1 amide bonds. The van der Waals surface area contributed by atoms with Gasteiger partial charge in [0.2, 0.25) is 5.91 Å². The zero-order chi connectivity index (χ0) is 12.5. The van der Waals surface area contributed by atoms with Gasteiger partial charge in [0.25, 0.3) is 0 Å². The van der Waals surface area contributed by atoms with Crippen molar-refractivity contribution in [2.75, 3.05) is 13.1 Å². The average molecular weight is 296 g/mol. The van der Waals surface area contributed by atoms with Gasteiger partial charge in [-0.25, -0.2) is 0 Å². The lowest BCUT2D eigenvalue weighted by atomic mass is 10.0. The van der Waals surface area contributed by atoms with Crippen molar-refractivity contribution in [1.29, 1.82) is 0 Å². The van der Waals surface area contributed by atoms with E-state index in [0.29, 0.717) is 0 Å². The van der Waals surface area contributed by atoms with Crippen LogP contribution < -0.4 is 0 Å². The van der Waals surface area contributed by atoms with Gasteiger partial charge >= 0.3 is 0 Å². The number of carbonyl (C=O) groups excluding carboxylic acids is 1. The van der Waals surface area contributed by atoms with E-state index in [9.17, 15) is 4.79 Å². The number of amides is 1. The summed E-state index contributed by atoms with van der Waals surface area (Å²) in [6.45, 7) is 5.47. The first-order chi connectivity index (χ1) is 7.98. The van der Waals surface area contributed by atoms with Crippen LogP contribution in [0.25, 0.3) is 0 Å². The van der Waals surface area contributed by atoms with Crippen LogP contribution in [0.2, 0.25) is 0 Å². The summed E-state index contributed by atoms with van der Waals surface area (Å²) in [6.07, 6.45) is 1.93. The predicted octanol–water partition coefficient (Wildman–Crippen LogP) is 2.79. The summed E-state index contributed by atoms with van der Waals surface area (Å²) in [6, 6.07) is 8.49. The Morgan fingerprint density at radius 2 is 1.65 bits per heavy atom. The summed E-state index contributed by atoms with van der Waals surface area (Å²) >= 11 is 3.45. The topological polar surface area (TPSA) is 20.3 Å². The van der Waals surface area contributed by atoms with Crippen molar-refractivity contribution in [2.24, 2.45) is 0 Å². The molecule has 0 aliphatic carbocycles. The Balaban J connectivity index is 2.12. The first-order valence-corrected chi connectivity index (χ1v) is 6.83. The highest BCUT2D eigenvalue weighted by Gasteiger charge is 2.29. The predicted molar refractivity (Wildman–Crippen MR) is 73.4 cm³/mol. The van der Waals surface area contributed by atoms with Crippen molar-refractivity contribution in [1.82, 2.24) is 4.90 Å². The third kappa shape index (κ3) is 2.89. The quantitative estimate of drug-likeness (QED) is 0.730. The number of hydrogen-bond donors (Lipinski definition) is 0. The summed E-state index contributed by atoms with van der Waals surface area (Å²) in [5.74, 6) is 0.185. The normalized spacial score (nSPS) is 16.3. The Labute approximate surface area is 111 Å². The van der Waals surface area contributed by atoms with Gasteiger partial charge in [0, 0.05) is 13.1 Å².